The number of thioether (sulfide) groups is 1. The standard InChI is InChI=1S/C26H22Cl2N4O3S2/c1-2-35-18-10-8-17(9-11-18)32-25(34)23-19-4-3-5-21(19)37-24(23)30-26(32)36-14-22(33)31-29-13-15-6-7-16(27)12-20(15)28/h6-13H,2-5,14H2,1H3,(H,31,33). The fourth-order valence-electron chi connectivity index (χ4n) is 4.15. The van der Waals surface area contributed by atoms with E-state index in [0.717, 1.165) is 35.4 Å². The second-order valence-corrected chi connectivity index (χ2v) is 11.1. The Morgan fingerprint density at radius 3 is 2.81 bits per heavy atom. The second-order valence-electron chi connectivity index (χ2n) is 8.25. The Balaban J connectivity index is 1.41. The molecule has 0 spiro atoms. The van der Waals surface area contributed by atoms with Gasteiger partial charge in [-0.25, -0.2) is 10.4 Å². The van der Waals surface area contributed by atoms with Gasteiger partial charge < -0.3 is 4.74 Å². The van der Waals surface area contributed by atoms with Crippen molar-refractivity contribution in [2.24, 2.45) is 5.10 Å². The van der Waals surface area contributed by atoms with Crippen LogP contribution in [0, 0.1) is 0 Å². The summed E-state index contributed by atoms with van der Waals surface area (Å²) in [5, 5.41) is 6.06. The minimum atomic E-state index is -0.340. The molecule has 0 fully saturated rings. The topological polar surface area (TPSA) is 85.6 Å². The van der Waals surface area contributed by atoms with Crippen LogP contribution in [0.1, 0.15) is 29.3 Å². The van der Waals surface area contributed by atoms with E-state index in [1.165, 1.54) is 22.9 Å². The fraction of sp³-hybridized carbons (Fsp3) is 0.231. The highest BCUT2D eigenvalue weighted by Gasteiger charge is 2.24. The van der Waals surface area contributed by atoms with Gasteiger partial charge in [-0.15, -0.1) is 11.3 Å². The third-order valence-corrected chi connectivity index (χ3v) is 8.49. The van der Waals surface area contributed by atoms with Crippen LogP contribution >= 0.6 is 46.3 Å². The van der Waals surface area contributed by atoms with Crippen LogP contribution in [0.25, 0.3) is 15.9 Å². The number of thiophene rings is 1. The van der Waals surface area contributed by atoms with E-state index in [9.17, 15) is 9.59 Å². The van der Waals surface area contributed by atoms with Crippen molar-refractivity contribution in [3.63, 3.8) is 0 Å². The van der Waals surface area contributed by atoms with Crippen molar-refractivity contribution >= 4 is 68.6 Å². The molecule has 5 rings (SSSR count). The summed E-state index contributed by atoms with van der Waals surface area (Å²) in [5.41, 5.74) is 4.78. The molecule has 0 atom stereocenters. The van der Waals surface area contributed by atoms with Crippen LogP contribution in [0.4, 0.5) is 0 Å². The minimum absolute atomic E-state index is 0.0196. The van der Waals surface area contributed by atoms with Gasteiger partial charge >= 0.3 is 0 Å². The number of benzene rings is 2. The molecule has 0 unspecified atom stereocenters. The molecule has 1 aliphatic rings. The molecule has 1 amide bonds. The highest BCUT2D eigenvalue weighted by atomic mass is 35.5. The lowest BCUT2D eigenvalue weighted by molar-refractivity contribution is -0.118. The summed E-state index contributed by atoms with van der Waals surface area (Å²) in [6.07, 6.45) is 4.37. The summed E-state index contributed by atoms with van der Waals surface area (Å²) in [6, 6.07) is 12.3. The number of hydrogen-bond acceptors (Lipinski definition) is 7. The molecule has 0 bridgehead atoms. The average Bonchev–Trinajstić information content (AvgIpc) is 3.46. The Morgan fingerprint density at radius 2 is 2.05 bits per heavy atom. The van der Waals surface area contributed by atoms with E-state index in [1.54, 1.807) is 34.1 Å². The smallest absolute Gasteiger partial charge is 0.267 e. The Hall–Kier alpha value is -2.85. The Labute approximate surface area is 231 Å². The van der Waals surface area contributed by atoms with Gasteiger partial charge in [0.15, 0.2) is 5.16 Å². The zero-order valence-electron chi connectivity index (χ0n) is 19.8. The third-order valence-electron chi connectivity index (χ3n) is 5.80. The second kappa shape index (κ2) is 11.3. The van der Waals surface area contributed by atoms with Crippen LogP contribution in [0.2, 0.25) is 10.0 Å². The first-order chi connectivity index (χ1) is 17.9. The van der Waals surface area contributed by atoms with E-state index in [-0.39, 0.29) is 17.2 Å². The summed E-state index contributed by atoms with van der Waals surface area (Å²) >= 11 is 14.8. The zero-order chi connectivity index (χ0) is 25.9. The van der Waals surface area contributed by atoms with Gasteiger partial charge in [0.05, 0.1) is 34.7 Å². The molecule has 0 radical (unpaired) electrons. The lowest BCUT2D eigenvalue weighted by atomic mass is 10.2. The van der Waals surface area contributed by atoms with Gasteiger partial charge in [-0.1, -0.05) is 41.0 Å². The highest BCUT2D eigenvalue weighted by Crippen LogP contribution is 2.36. The van der Waals surface area contributed by atoms with Gasteiger partial charge in [-0.2, -0.15) is 5.10 Å². The van der Waals surface area contributed by atoms with Crippen molar-refractivity contribution < 1.29 is 9.53 Å². The van der Waals surface area contributed by atoms with Crippen molar-refractivity contribution in [2.75, 3.05) is 12.4 Å². The monoisotopic (exact) mass is 572 g/mol. The number of halogens is 2. The number of aromatic nitrogens is 2. The van der Waals surface area contributed by atoms with Crippen LogP contribution in [0.5, 0.6) is 5.75 Å². The van der Waals surface area contributed by atoms with Crippen molar-refractivity contribution in [2.45, 2.75) is 31.3 Å². The molecule has 1 N–H and O–H groups in total. The Bertz CT molecular complexity index is 1570. The third kappa shape index (κ3) is 5.55. The van der Waals surface area contributed by atoms with Gasteiger partial charge in [0.25, 0.3) is 11.5 Å². The molecule has 0 saturated heterocycles. The van der Waals surface area contributed by atoms with E-state index in [2.05, 4.69) is 10.5 Å². The zero-order valence-corrected chi connectivity index (χ0v) is 22.9. The van der Waals surface area contributed by atoms with Crippen LogP contribution in [0.3, 0.4) is 0 Å². The number of carbonyl (C=O) groups excluding carboxylic acids is 1. The fourth-order valence-corrected chi connectivity index (χ4v) is 6.71. The Kier molecular flexibility index (Phi) is 7.85. The first kappa shape index (κ1) is 25.8. The summed E-state index contributed by atoms with van der Waals surface area (Å²) in [6.45, 7) is 2.47. The summed E-state index contributed by atoms with van der Waals surface area (Å²) < 4.78 is 7.13. The average molecular weight is 574 g/mol. The Morgan fingerprint density at radius 1 is 1.24 bits per heavy atom. The molecule has 2 aromatic heterocycles. The maximum atomic E-state index is 13.7. The first-order valence-corrected chi connectivity index (χ1v) is 14.2. The number of rotatable bonds is 8. The van der Waals surface area contributed by atoms with Gasteiger partial charge in [-0.3, -0.25) is 14.2 Å². The van der Waals surface area contributed by atoms with Crippen molar-refractivity contribution in [3.8, 4) is 11.4 Å². The molecule has 0 aliphatic heterocycles. The number of nitrogens with zero attached hydrogens (tertiary/aromatic N) is 3. The number of hydrazone groups is 1. The molecule has 4 aromatic rings. The van der Waals surface area contributed by atoms with Gasteiger partial charge in [0, 0.05) is 15.5 Å². The predicted molar refractivity (Wildman–Crippen MR) is 151 cm³/mol. The summed E-state index contributed by atoms with van der Waals surface area (Å²) in [4.78, 5) is 33.1. The normalized spacial score (nSPS) is 12.8. The van der Waals surface area contributed by atoms with Crippen LogP contribution in [-0.2, 0) is 17.6 Å². The van der Waals surface area contributed by atoms with E-state index in [4.69, 9.17) is 32.9 Å². The molecule has 2 heterocycles. The molecule has 1 aliphatic carbocycles. The van der Waals surface area contributed by atoms with Gasteiger partial charge in [0.1, 0.15) is 10.6 Å². The molecule has 37 heavy (non-hydrogen) atoms. The SMILES string of the molecule is CCOc1ccc(-n2c(SCC(=O)NN=Cc3ccc(Cl)cc3Cl)nc3sc4c(c3c2=O)CCC4)cc1. The van der Waals surface area contributed by atoms with Gasteiger partial charge in [-0.05, 0) is 68.1 Å². The van der Waals surface area contributed by atoms with E-state index in [1.807, 2.05) is 31.2 Å². The summed E-state index contributed by atoms with van der Waals surface area (Å²) in [5.74, 6) is 0.399. The first-order valence-electron chi connectivity index (χ1n) is 11.6. The molecular weight excluding hydrogens is 551 g/mol. The largest absolute Gasteiger partial charge is 0.494 e. The number of nitrogens with one attached hydrogen (secondary N) is 1. The predicted octanol–water partition coefficient (Wildman–Crippen LogP) is 5.88. The van der Waals surface area contributed by atoms with E-state index >= 15 is 0 Å². The number of fused-ring (bicyclic) bond motifs is 3. The number of hydrogen-bond donors (Lipinski definition) is 1. The lowest BCUT2D eigenvalue weighted by Crippen LogP contribution is -2.24. The van der Waals surface area contributed by atoms with Crippen molar-refractivity contribution in [1.29, 1.82) is 0 Å². The van der Waals surface area contributed by atoms with Crippen LogP contribution < -0.4 is 15.7 Å². The molecule has 2 aromatic carbocycles. The van der Waals surface area contributed by atoms with Crippen LogP contribution in [-0.4, -0.2) is 34.0 Å². The van der Waals surface area contributed by atoms with Crippen molar-refractivity contribution in [1.82, 2.24) is 15.0 Å². The van der Waals surface area contributed by atoms with E-state index < -0.39 is 0 Å². The van der Waals surface area contributed by atoms with Crippen molar-refractivity contribution in [3.05, 3.63) is 78.9 Å². The number of amides is 1. The van der Waals surface area contributed by atoms with Gasteiger partial charge in [0.2, 0.25) is 0 Å². The maximum Gasteiger partial charge on any atom is 0.267 e. The molecule has 0 saturated carbocycles. The molecular formula is C26H22Cl2N4O3S2. The van der Waals surface area contributed by atoms with E-state index in [0.29, 0.717) is 38.4 Å². The minimum Gasteiger partial charge on any atom is -0.494 e. The van der Waals surface area contributed by atoms with Crippen LogP contribution in [0.15, 0.2) is 57.5 Å². The highest BCUT2D eigenvalue weighted by molar-refractivity contribution is 7.99. The lowest BCUT2D eigenvalue weighted by Gasteiger charge is -2.13. The molecule has 7 nitrogen and oxygen atoms in total. The molecule has 11 heteroatoms. The number of ether oxygens (including phenoxy) is 1. The quantitative estimate of drug-likeness (QED) is 0.123. The molecule has 190 valence electrons. The number of carbonyl (C=O) groups is 1. The summed E-state index contributed by atoms with van der Waals surface area (Å²) in [7, 11) is 0. The number of aryl methyl sites for hydroxylation is 2. The maximum absolute atomic E-state index is 13.7.